The molecule has 2 heterocycles. The van der Waals surface area contributed by atoms with Gasteiger partial charge >= 0.3 is 6.01 Å². The predicted molar refractivity (Wildman–Crippen MR) is 63.1 cm³/mol. The number of nitrogens with zero attached hydrogens (tertiary/aromatic N) is 3. The lowest BCUT2D eigenvalue weighted by Gasteiger charge is -1.96. The molecule has 2 aromatic heterocycles. The van der Waals surface area contributed by atoms with Crippen molar-refractivity contribution in [1.29, 1.82) is 0 Å². The Morgan fingerprint density at radius 3 is 2.94 bits per heavy atom. The number of carbonyl (C=O) groups is 1. The summed E-state index contributed by atoms with van der Waals surface area (Å²) in [6.45, 7) is 1.65. The largest absolute Gasteiger partial charge is 0.408 e. The maximum Gasteiger partial charge on any atom is 0.322 e. The van der Waals surface area contributed by atoms with Gasteiger partial charge in [-0.3, -0.25) is 15.2 Å². The molecule has 0 spiro atoms. The molecule has 0 bridgehead atoms. The number of carbonyl (C=O) groups excluding carboxylic acids is 1. The zero-order chi connectivity index (χ0) is 12.5. The lowest BCUT2D eigenvalue weighted by molar-refractivity contribution is 0.102. The molecule has 3 rings (SSSR count). The summed E-state index contributed by atoms with van der Waals surface area (Å²) in [5, 5.41) is 17.3. The number of hydrogen-bond donors (Lipinski definition) is 2. The monoisotopic (exact) mass is 243 g/mol. The Bertz CT molecular complexity index is 715. The van der Waals surface area contributed by atoms with Crippen molar-refractivity contribution in [3.63, 3.8) is 0 Å². The molecular formula is C11H9N5O2. The van der Waals surface area contributed by atoms with E-state index in [0.717, 1.165) is 10.9 Å². The van der Waals surface area contributed by atoms with E-state index in [1.807, 2.05) is 24.3 Å². The van der Waals surface area contributed by atoms with E-state index in [4.69, 9.17) is 4.42 Å². The third-order valence-electron chi connectivity index (χ3n) is 2.43. The number of aryl methyl sites for hydroxylation is 1. The number of amides is 1. The van der Waals surface area contributed by atoms with Crippen LogP contribution < -0.4 is 5.32 Å². The molecule has 18 heavy (non-hydrogen) atoms. The van der Waals surface area contributed by atoms with Crippen molar-refractivity contribution in [3.05, 3.63) is 35.9 Å². The summed E-state index contributed by atoms with van der Waals surface area (Å²) in [6, 6.07) is 7.42. The van der Waals surface area contributed by atoms with Gasteiger partial charge < -0.3 is 4.42 Å². The fraction of sp³-hybridized carbons (Fsp3) is 0.0909. The van der Waals surface area contributed by atoms with E-state index in [0.29, 0.717) is 11.6 Å². The van der Waals surface area contributed by atoms with Crippen LogP contribution in [0.15, 0.2) is 28.7 Å². The first-order valence-corrected chi connectivity index (χ1v) is 5.28. The second-order valence-electron chi connectivity index (χ2n) is 3.70. The Morgan fingerprint density at radius 2 is 2.17 bits per heavy atom. The number of nitrogens with one attached hydrogen (secondary N) is 2. The molecule has 0 radical (unpaired) electrons. The highest BCUT2D eigenvalue weighted by atomic mass is 16.4. The van der Waals surface area contributed by atoms with Crippen LogP contribution >= 0.6 is 0 Å². The van der Waals surface area contributed by atoms with Crippen molar-refractivity contribution in [2.45, 2.75) is 6.92 Å². The van der Waals surface area contributed by atoms with Crippen molar-refractivity contribution in [2.75, 3.05) is 5.32 Å². The van der Waals surface area contributed by atoms with Gasteiger partial charge in [0.15, 0.2) is 5.69 Å². The lowest BCUT2D eigenvalue weighted by atomic mass is 10.2. The Balaban J connectivity index is 1.92. The molecule has 1 amide bonds. The topological polar surface area (TPSA) is 96.7 Å². The highest BCUT2D eigenvalue weighted by molar-refractivity contribution is 6.10. The molecule has 0 aliphatic heterocycles. The van der Waals surface area contributed by atoms with E-state index < -0.39 is 5.91 Å². The van der Waals surface area contributed by atoms with Crippen LogP contribution in [-0.4, -0.2) is 26.3 Å². The zero-order valence-electron chi connectivity index (χ0n) is 9.47. The molecule has 0 unspecified atom stereocenters. The first-order valence-electron chi connectivity index (χ1n) is 5.28. The Kier molecular flexibility index (Phi) is 2.30. The molecule has 0 saturated heterocycles. The first kappa shape index (κ1) is 10.5. The van der Waals surface area contributed by atoms with Crippen molar-refractivity contribution in [1.82, 2.24) is 20.4 Å². The fourth-order valence-electron chi connectivity index (χ4n) is 1.64. The van der Waals surface area contributed by atoms with Crippen molar-refractivity contribution >= 4 is 22.8 Å². The molecule has 0 saturated carbocycles. The minimum atomic E-state index is -0.392. The van der Waals surface area contributed by atoms with E-state index in [1.165, 1.54) is 0 Å². The van der Waals surface area contributed by atoms with Crippen LogP contribution in [0.3, 0.4) is 0 Å². The SMILES string of the molecule is Cc1nnc(NC(=O)c2n[nH]c3ccccc23)o1. The van der Waals surface area contributed by atoms with Crippen LogP contribution in [-0.2, 0) is 0 Å². The minimum Gasteiger partial charge on any atom is -0.408 e. The summed E-state index contributed by atoms with van der Waals surface area (Å²) < 4.78 is 5.07. The summed E-state index contributed by atoms with van der Waals surface area (Å²) in [5.74, 6) is -0.00622. The maximum atomic E-state index is 12.0. The Morgan fingerprint density at radius 1 is 1.33 bits per heavy atom. The number of aromatic amines is 1. The Labute approximate surface area is 101 Å². The highest BCUT2D eigenvalue weighted by Crippen LogP contribution is 2.16. The van der Waals surface area contributed by atoms with E-state index in [1.54, 1.807) is 6.92 Å². The van der Waals surface area contributed by atoms with Gasteiger partial charge in [-0.1, -0.05) is 23.3 Å². The number of para-hydroxylation sites is 1. The van der Waals surface area contributed by atoms with E-state index >= 15 is 0 Å². The summed E-state index contributed by atoms with van der Waals surface area (Å²) in [6.07, 6.45) is 0. The molecule has 2 N–H and O–H groups in total. The highest BCUT2D eigenvalue weighted by Gasteiger charge is 2.16. The quantitative estimate of drug-likeness (QED) is 0.711. The normalized spacial score (nSPS) is 10.7. The molecule has 7 heteroatoms. The number of rotatable bonds is 2. The fourth-order valence-corrected chi connectivity index (χ4v) is 1.64. The van der Waals surface area contributed by atoms with Gasteiger partial charge in [0.1, 0.15) is 0 Å². The molecule has 1 aromatic carbocycles. The summed E-state index contributed by atoms with van der Waals surface area (Å²) in [4.78, 5) is 12.0. The third kappa shape index (κ3) is 1.71. The molecule has 0 aliphatic carbocycles. The average Bonchev–Trinajstić information content (AvgIpc) is 2.95. The van der Waals surface area contributed by atoms with E-state index in [-0.39, 0.29) is 6.01 Å². The molecule has 3 aromatic rings. The van der Waals surface area contributed by atoms with Crippen molar-refractivity contribution in [2.24, 2.45) is 0 Å². The van der Waals surface area contributed by atoms with E-state index in [2.05, 4.69) is 25.7 Å². The molecule has 0 fully saturated rings. The van der Waals surface area contributed by atoms with Crippen molar-refractivity contribution in [3.8, 4) is 0 Å². The van der Waals surface area contributed by atoms with Gasteiger partial charge in [-0.2, -0.15) is 5.10 Å². The number of anilines is 1. The average molecular weight is 243 g/mol. The molecular weight excluding hydrogens is 234 g/mol. The number of hydrogen-bond acceptors (Lipinski definition) is 5. The van der Waals surface area contributed by atoms with Crippen molar-refractivity contribution < 1.29 is 9.21 Å². The second kappa shape index (κ2) is 3.95. The predicted octanol–water partition coefficient (Wildman–Crippen LogP) is 1.51. The number of benzene rings is 1. The van der Waals surface area contributed by atoms with Gasteiger partial charge in [0, 0.05) is 12.3 Å². The van der Waals surface area contributed by atoms with Gasteiger partial charge in [-0.15, -0.1) is 5.10 Å². The maximum absolute atomic E-state index is 12.0. The molecule has 7 nitrogen and oxygen atoms in total. The van der Waals surface area contributed by atoms with Gasteiger partial charge in [-0.05, 0) is 6.07 Å². The third-order valence-corrected chi connectivity index (χ3v) is 2.43. The van der Waals surface area contributed by atoms with Gasteiger partial charge in [-0.25, -0.2) is 0 Å². The van der Waals surface area contributed by atoms with E-state index in [9.17, 15) is 4.79 Å². The van der Waals surface area contributed by atoms with Crippen LogP contribution in [0.25, 0.3) is 10.9 Å². The summed E-state index contributed by atoms with van der Waals surface area (Å²) in [7, 11) is 0. The standard InChI is InChI=1S/C11H9N5O2/c1-6-13-16-11(18-6)12-10(17)9-7-4-2-3-5-8(7)14-15-9/h2-5H,1H3,(H,14,15)(H,12,16,17). The second-order valence-corrected chi connectivity index (χ2v) is 3.70. The smallest absolute Gasteiger partial charge is 0.322 e. The number of aromatic nitrogens is 4. The van der Waals surface area contributed by atoms with Gasteiger partial charge in [0.05, 0.1) is 5.52 Å². The molecule has 90 valence electrons. The first-order chi connectivity index (χ1) is 8.74. The number of fused-ring (bicyclic) bond motifs is 1. The van der Waals surface area contributed by atoms with Crippen LogP contribution in [0.1, 0.15) is 16.4 Å². The van der Waals surface area contributed by atoms with Gasteiger partial charge in [0.2, 0.25) is 5.89 Å². The zero-order valence-corrected chi connectivity index (χ0v) is 9.47. The lowest BCUT2D eigenvalue weighted by Crippen LogP contribution is -2.13. The minimum absolute atomic E-state index is 0.0598. The van der Waals surface area contributed by atoms with Crippen LogP contribution in [0.5, 0.6) is 0 Å². The molecule has 0 atom stereocenters. The Hall–Kier alpha value is -2.70. The molecule has 0 aliphatic rings. The van der Waals surface area contributed by atoms with Crippen LogP contribution in [0.4, 0.5) is 6.01 Å². The van der Waals surface area contributed by atoms with Gasteiger partial charge in [0.25, 0.3) is 5.91 Å². The van der Waals surface area contributed by atoms with Crippen LogP contribution in [0, 0.1) is 6.92 Å². The van der Waals surface area contributed by atoms with Crippen LogP contribution in [0.2, 0.25) is 0 Å². The number of H-pyrrole nitrogens is 1. The summed E-state index contributed by atoms with van der Waals surface area (Å²) >= 11 is 0. The summed E-state index contributed by atoms with van der Waals surface area (Å²) in [5.41, 5.74) is 1.09.